The van der Waals surface area contributed by atoms with E-state index in [1.54, 1.807) is 17.5 Å². The van der Waals surface area contributed by atoms with Crippen LogP contribution >= 0.6 is 11.3 Å². The number of benzene rings is 1. The van der Waals surface area contributed by atoms with Crippen LogP contribution in [0.2, 0.25) is 0 Å². The number of pyridine rings is 1. The molecule has 0 aliphatic rings. The molecule has 0 fully saturated rings. The van der Waals surface area contributed by atoms with Crippen molar-refractivity contribution in [3.63, 3.8) is 0 Å². The number of anilines is 1. The van der Waals surface area contributed by atoms with E-state index in [4.69, 9.17) is 0 Å². The molecule has 2 aromatic heterocycles. The van der Waals surface area contributed by atoms with E-state index in [9.17, 15) is 10.4 Å². The molecule has 0 aliphatic carbocycles. The summed E-state index contributed by atoms with van der Waals surface area (Å²) in [5.41, 5.74) is 3.44. The Hall–Kier alpha value is -2.42. The normalized spacial score (nSPS) is 12.1. The molecule has 0 saturated carbocycles. The third kappa shape index (κ3) is 3.25. The first kappa shape index (κ1) is 16.4. The molecular weight excluding hydrogens is 318 g/mol. The van der Waals surface area contributed by atoms with Gasteiger partial charge < -0.3 is 10.0 Å². The maximum absolute atomic E-state index is 10.3. The molecule has 0 radical (unpaired) electrons. The lowest BCUT2D eigenvalue weighted by atomic mass is 10.1. The van der Waals surface area contributed by atoms with Crippen molar-refractivity contribution < 1.29 is 5.11 Å². The molecule has 24 heavy (non-hydrogen) atoms. The van der Waals surface area contributed by atoms with Gasteiger partial charge in [0, 0.05) is 30.1 Å². The Bertz CT molecular complexity index is 884. The molecule has 3 rings (SSSR count). The molecule has 0 bridgehead atoms. The fourth-order valence-electron chi connectivity index (χ4n) is 2.84. The SMILES string of the molecule is Cc1ccc2ncc(C#N)c(N(C)CC[C@H](O)c3cccs3)c2c1. The van der Waals surface area contributed by atoms with Crippen molar-refractivity contribution in [1.82, 2.24) is 4.98 Å². The Morgan fingerprint density at radius 3 is 2.92 bits per heavy atom. The van der Waals surface area contributed by atoms with Gasteiger partial charge in [0.15, 0.2) is 0 Å². The lowest BCUT2D eigenvalue weighted by Crippen LogP contribution is -2.22. The van der Waals surface area contributed by atoms with E-state index in [1.807, 2.05) is 48.5 Å². The number of nitrogens with zero attached hydrogens (tertiary/aromatic N) is 3. The van der Waals surface area contributed by atoms with Gasteiger partial charge in [0.25, 0.3) is 0 Å². The van der Waals surface area contributed by atoms with Crippen molar-refractivity contribution in [2.24, 2.45) is 0 Å². The molecule has 0 saturated heterocycles. The number of hydrogen-bond acceptors (Lipinski definition) is 5. The summed E-state index contributed by atoms with van der Waals surface area (Å²) in [5.74, 6) is 0. The van der Waals surface area contributed by atoms with Crippen LogP contribution < -0.4 is 4.90 Å². The van der Waals surface area contributed by atoms with E-state index in [0.717, 1.165) is 27.0 Å². The Morgan fingerprint density at radius 1 is 1.38 bits per heavy atom. The summed E-state index contributed by atoms with van der Waals surface area (Å²) >= 11 is 1.56. The average Bonchev–Trinajstić information content (AvgIpc) is 3.12. The second kappa shape index (κ2) is 7.00. The molecular formula is C19H19N3OS. The lowest BCUT2D eigenvalue weighted by molar-refractivity contribution is 0.173. The van der Waals surface area contributed by atoms with Crippen LogP contribution in [-0.2, 0) is 0 Å². The summed E-state index contributed by atoms with van der Waals surface area (Å²) in [5, 5.41) is 22.7. The van der Waals surface area contributed by atoms with E-state index >= 15 is 0 Å². The lowest BCUT2D eigenvalue weighted by Gasteiger charge is -2.23. The molecule has 2 heterocycles. The molecule has 0 amide bonds. The minimum atomic E-state index is -0.479. The first-order valence-corrected chi connectivity index (χ1v) is 8.70. The summed E-state index contributed by atoms with van der Waals surface area (Å²) < 4.78 is 0. The molecule has 0 unspecified atom stereocenters. The quantitative estimate of drug-likeness (QED) is 0.763. The van der Waals surface area contributed by atoms with Crippen LogP contribution in [0, 0.1) is 18.3 Å². The molecule has 1 N–H and O–H groups in total. The summed E-state index contributed by atoms with van der Waals surface area (Å²) in [6.07, 6.45) is 1.75. The van der Waals surface area contributed by atoms with Crippen LogP contribution in [0.3, 0.4) is 0 Å². The Labute approximate surface area is 145 Å². The number of nitriles is 1. The topological polar surface area (TPSA) is 60.2 Å². The number of hydrogen-bond donors (Lipinski definition) is 1. The smallest absolute Gasteiger partial charge is 0.103 e. The van der Waals surface area contributed by atoms with Crippen molar-refractivity contribution in [3.05, 3.63) is 57.9 Å². The number of aromatic nitrogens is 1. The Balaban J connectivity index is 1.89. The van der Waals surface area contributed by atoms with Crippen LogP contribution in [-0.4, -0.2) is 23.7 Å². The third-order valence-corrected chi connectivity index (χ3v) is 5.08. The van der Waals surface area contributed by atoms with Gasteiger partial charge in [0.2, 0.25) is 0 Å². The first-order valence-electron chi connectivity index (χ1n) is 7.82. The summed E-state index contributed by atoms with van der Waals surface area (Å²) in [7, 11) is 1.96. The van der Waals surface area contributed by atoms with Gasteiger partial charge in [-0.3, -0.25) is 4.98 Å². The number of fused-ring (bicyclic) bond motifs is 1. The van der Waals surface area contributed by atoms with Crippen molar-refractivity contribution in [1.29, 1.82) is 5.26 Å². The second-order valence-electron chi connectivity index (χ2n) is 5.89. The average molecular weight is 337 g/mol. The van der Waals surface area contributed by atoms with Crippen molar-refractivity contribution in [3.8, 4) is 6.07 Å². The van der Waals surface area contributed by atoms with Gasteiger partial charge in [0.05, 0.1) is 22.9 Å². The largest absolute Gasteiger partial charge is 0.388 e. The third-order valence-electron chi connectivity index (χ3n) is 4.11. The fraction of sp³-hybridized carbons (Fsp3) is 0.263. The van der Waals surface area contributed by atoms with E-state index in [1.165, 1.54) is 0 Å². The van der Waals surface area contributed by atoms with Gasteiger partial charge in [-0.25, -0.2) is 0 Å². The number of aliphatic hydroxyl groups is 1. The predicted molar refractivity (Wildman–Crippen MR) is 98.4 cm³/mol. The molecule has 3 aromatic rings. The van der Waals surface area contributed by atoms with E-state index in [-0.39, 0.29) is 0 Å². The van der Waals surface area contributed by atoms with E-state index in [0.29, 0.717) is 18.5 Å². The minimum Gasteiger partial charge on any atom is -0.388 e. The summed E-state index contributed by atoms with van der Waals surface area (Å²) in [6, 6.07) is 12.2. The van der Waals surface area contributed by atoms with Crippen LogP contribution in [0.15, 0.2) is 41.9 Å². The highest BCUT2D eigenvalue weighted by molar-refractivity contribution is 7.10. The zero-order valence-electron chi connectivity index (χ0n) is 13.7. The van der Waals surface area contributed by atoms with Crippen LogP contribution in [0.1, 0.15) is 28.5 Å². The van der Waals surface area contributed by atoms with Crippen molar-refractivity contribution in [2.45, 2.75) is 19.4 Å². The highest BCUT2D eigenvalue weighted by Crippen LogP contribution is 2.30. The van der Waals surface area contributed by atoms with Gasteiger partial charge in [-0.2, -0.15) is 5.26 Å². The molecule has 1 aromatic carbocycles. The maximum atomic E-state index is 10.3. The number of aliphatic hydroxyl groups excluding tert-OH is 1. The summed E-state index contributed by atoms with van der Waals surface area (Å²) in [6.45, 7) is 2.68. The number of thiophene rings is 1. The number of aryl methyl sites for hydroxylation is 1. The standard InChI is InChI=1S/C19H19N3OS/c1-13-5-6-16-15(10-13)19(14(11-20)12-21-16)22(2)8-7-17(23)18-4-3-9-24-18/h3-6,9-10,12,17,23H,7-8H2,1-2H3/t17-/m0/s1. The fourth-order valence-corrected chi connectivity index (χ4v) is 3.58. The van der Waals surface area contributed by atoms with Crippen LogP contribution in [0.4, 0.5) is 5.69 Å². The Morgan fingerprint density at radius 2 is 2.21 bits per heavy atom. The zero-order valence-corrected chi connectivity index (χ0v) is 14.5. The van der Waals surface area contributed by atoms with Crippen molar-refractivity contribution in [2.75, 3.05) is 18.5 Å². The first-order chi connectivity index (χ1) is 11.6. The van der Waals surface area contributed by atoms with E-state index in [2.05, 4.69) is 17.1 Å². The van der Waals surface area contributed by atoms with Gasteiger partial charge >= 0.3 is 0 Å². The van der Waals surface area contributed by atoms with Gasteiger partial charge in [-0.1, -0.05) is 17.7 Å². The number of rotatable bonds is 5. The molecule has 0 aliphatic heterocycles. The van der Waals surface area contributed by atoms with Crippen LogP contribution in [0.25, 0.3) is 10.9 Å². The maximum Gasteiger partial charge on any atom is 0.103 e. The molecule has 122 valence electrons. The van der Waals surface area contributed by atoms with Gasteiger partial charge in [-0.05, 0) is 36.9 Å². The molecule has 0 spiro atoms. The van der Waals surface area contributed by atoms with Crippen LogP contribution in [0.5, 0.6) is 0 Å². The highest BCUT2D eigenvalue weighted by atomic mass is 32.1. The van der Waals surface area contributed by atoms with Gasteiger partial charge in [0.1, 0.15) is 6.07 Å². The molecule has 1 atom stereocenters. The highest BCUT2D eigenvalue weighted by Gasteiger charge is 2.15. The van der Waals surface area contributed by atoms with Gasteiger partial charge in [-0.15, -0.1) is 11.3 Å². The zero-order chi connectivity index (χ0) is 17.1. The monoisotopic (exact) mass is 337 g/mol. The predicted octanol–water partition coefficient (Wildman–Crippen LogP) is 4.04. The summed E-state index contributed by atoms with van der Waals surface area (Å²) in [4.78, 5) is 7.39. The second-order valence-corrected chi connectivity index (χ2v) is 6.87. The van der Waals surface area contributed by atoms with Crippen molar-refractivity contribution >= 4 is 27.9 Å². The molecule has 4 nitrogen and oxygen atoms in total. The van der Waals surface area contributed by atoms with E-state index < -0.39 is 6.10 Å². The minimum absolute atomic E-state index is 0.479. The molecule has 5 heteroatoms. The Kier molecular flexibility index (Phi) is 4.79.